The molecule has 0 bridgehead atoms. The number of nitrogens with one attached hydrogen (secondary N) is 2. The molecule has 1 aliphatic carbocycles. The highest BCUT2D eigenvalue weighted by atomic mass is 35.5. The molecule has 0 spiro atoms. The number of nitrogens with zero attached hydrogens (tertiary/aromatic N) is 2. The van der Waals surface area contributed by atoms with Crippen LogP contribution in [0, 0.1) is 11.3 Å². The highest BCUT2D eigenvalue weighted by molar-refractivity contribution is 6.33. The van der Waals surface area contributed by atoms with Crippen LogP contribution < -0.4 is 10.9 Å². The Morgan fingerprint density at radius 3 is 2.48 bits per heavy atom. The SMILES string of the molecule is CC(CC(=O)NCc1cc(C2CCCC2)cc(-c2cc(-c3cc(C(F)(F)F)ccc3Cl)c(C#N)c(=O)[nH]2)c1O)N1CCCC1. The number of aromatic nitrogens is 1. The fourth-order valence-electron chi connectivity index (χ4n) is 6.34. The average Bonchev–Trinajstić information content (AvgIpc) is 3.71. The number of likely N-dealkylation sites (tertiary alicyclic amines) is 1. The zero-order valence-electron chi connectivity index (χ0n) is 24.4. The van der Waals surface area contributed by atoms with Crippen molar-refractivity contribution in [2.24, 2.45) is 0 Å². The largest absolute Gasteiger partial charge is 0.507 e. The smallest absolute Gasteiger partial charge is 0.416 e. The molecule has 1 unspecified atom stereocenters. The van der Waals surface area contributed by atoms with E-state index in [2.05, 4.69) is 15.2 Å². The van der Waals surface area contributed by atoms with E-state index in [4.69, 9.17) is 11.6 Å². The summed E-state index contributed by atoms with van der Waals surface area (Å²) in [6.45, 7) is 4.02. The lowest BCUT2D eigenvalue weighted by atomic mass is 9.91. The summed E-state index contributed by atoms with van der Waals surface area (Å²) >= 11 is 6.29. The van der Waals surface area contributed by atoms with Gasteiger partial charge < -0.3 is 20.3 Å². The van der Waals surface area contributed by atoms with E-state index < -0.39 is 22.9 Å². The van der Waals surface area contributed by atoms with Gasteiger partial charge in [-0.05, 0) is 87.5 Å². The standard InChI is InChI=1S/C33H34ClF3N4O3/c1-19(41-10-4-5-11-41)12-30(42)39-18-22-13-21(20-6-2-3-7-20)14-26(31(22)43)29-16-24(27(17-38)32(44)40-29)25-15-23(33(35,36)37)8-9-28(25)34/h8-9,13-16,19-20,43H,2-7,10-12,18H2,1H3,(H,39,42)(H,40,44). The summed E-state index contributed by atoms with van der Waals surface area (Å²) in [7, 11) is 0. The minimum atomic E-state index is -4.67. The third-order valence-corrected chi connectivity index (χ3v) is 9.11. The maximum atomic E-state index is 13.5. The Hall–Kier alpha value is -3.81. The van der Waals surface area contributed by atoms with Crippen LogP contribution in [0.1, 0.15) is 80.0 Å². The molecule has 1 amide bonds. The lowest BCUT2D eigenvalue weighted by Gasteiger charge is -2.23. The Morgan fingerprint density at radius 1 is 1.11 bits per heavy atom. The summed E-state index contributed by atoms with van der Waals surface area (Å²) in [5.74, 6) is -0.118. The molecule has 1 saturated carbocycles. The topological polar surface area (TPSA) is 109 Å². The molecule has 11 heteroatoms. The van der Waals surface area contributed by atoms with Crippen LogP contribution >= 0.6 is 11.6 Å². The van der Waals surface area contributed by atoms with Crippen LogP contribution in [0.3, 0.4) is 0 Å². The minimum absolute atomic E-state index is 0.0533. The van der Waals surface area contributed by atoms with Gasteiger partial charge in [-0.15, -0.1) is 0 Å². The van der Waals surface area contributed by atoms with Gasteiger partial charge >= 0.3 is 6.18 Å². The normalized spacial score (nSPS) is 16.6. The molecule has 3 aromatic rings. The first kappa shape index (κ1) is 31.6. The molecular weight excluding hydrogens is 593 g/mol. The molecular formula is C33H34ClF3N4O3. The zero-order valence-corrected chi connectivity index (χ0v) is 25.1. The van der Waals surface area contributed by atoms with E-state index in [0.717, 1.165) is 75.4 Å². The summed E-state index contributed by atoms with van der Waals surface area (Å²) in [5, 5.41) is 24.0. The first-order valence-electron chi connectivity index (χ1n) is 14.9. The van der Waals surface area contributed by atoms with E-state index in [9.17, 15) is 33.1 Å². The number of nitriles is 1. The lowest BCUT2D eigenvalue weighted by molar-refractivity contribution is -0.137. The predicted octanol–water partition coefficient (Wildman–Crippen LogP) is 7.11. The van der Waals surface area contributed by atoms with Crippen molar-refractivity contribution in [1.82, 2.24) is 15.2 Å². The molecule has 2 aromatic carbocycles. The molecule has 7 nitrogen and oxygen atoms in total. The number of H-pyrrole nitrogens is 1. The monoisotopic (exact) mass is 626 g/mol. The number of halogens is 4. The molecule has 2 heterocycles. The van der Waals surface area contributed by atoms with Gasteiger partial charge in [0, 0.05) is 46.3 Å². The number of phenols is 1. The number of aromatic amines is 1. The lowest BCUT2D eigenvalue weighted by Crippen LogP contribution is -2.35. The van der Waals surface area contributed by atoms with E-state index in [0.29, 0.717) is 12.0 Å². The first-order valence-corrected chi connectivity index (χ1v) is 15.3. The van der Waals surface area contributed by atoms with Crippen molar-refractivity contribution in [2.75, 3.05) is 13.1 Å². The number of aromatic hydroxyl groups is 1. The average molecular weight is 627 g/mol. The number of alkyl halides is 3. The minimum Gasteiger partial charge on any atom is -0.507 e. The van der Waals surface area contributed by atoms with Gasteiger partial charge in [-0.25, -0.2) is 0 Å². The number of hydrogen-bond donors (Lipinski definition) is 3. The van der Waals surface area contributed by atoms with Crippen LogP contribution in [0.5, 0.6) is 5.75 Å². The van der Waals surface area contributed by atoms with Crippen molar-refractivity contribution in [3.63, 3.8) is 0 Å². The van der Waals surface area contributed by atoms with Crippen LogP contribution in [0.25, 0.3) is 22.4 Å². The Kier molecular flexibility index (Phi) is 9.37. The van der Waals surface area contributed by atoms with Gasteiger partial charge in [0.2, 0.25) is 5.91 Å². The van der Waals surface area contributed by atoms with E-state index in [1.54, 1.807) is 12.1 Å². The van der Waals surface area contributed by atoms with Gasteiger partial charge in [0.1, 0.15) is 17.4 Å². The number of carbonyl (C=O) groups excluding carboxylic acids is 1. The number of amides is 1. The van der Waals surface area contributed by atoms with Gasteiger partial charge in [-0.3, -0.25) is 9.59 Å². The number of rotatable bonds is 8. The van der Waals surface area contributed by atoms with Gasteiger partial charge in [-0.1, -0.05) is 30.5 Å². The summed E-state index contributed by atoms with van der Waals surface area (Å²) in [5.41, 5.74) is -0.684. The molecule has 2 fully saturated rings. The number of hydrogen-bond acceptors (Lipinski definition) is 5. The van der Waals surface area contributed by atoms with Gasteiger partial charge in [-0.2, -0.15) is 18.4 Å². The van der Waals surface area contributed by atoms with Gasteiger partial charge in [0.05, 0.1) is 11.3 Å². The van der Waals surface area contributed by atoms with Crippen molar-refractivity contribution in [1.29, 1.82) is 5.26 Å². The summed E-state index contributed by atoms with van der Waals surface area (Å²) < 4.78 is 40.6. The molecule has 232 valence electrons. The van der Waals surface area contributed by atoms with Crippen molar-refractivity contribution < 1.29 is 23.1 Å². The first-order chi connectivity index (χ1) is 21.0. The van der Waals surface area contributed by atoms with Crippen LogP contribution in [-0.2, 0) is 17.5 Å². The second-order valence-corrected chi connectivity index (χ2v) is 12.1. The van der Waals surface area contributed by atoms with Crippen molar-refractivity contribution in [2.45, 2.75) is 76.6 Å². The molecule has 44 heavy (non-hydrogen) atoms. The number of phenolic OH excluding ortho intramolecular Hbond substituents is 1. The number of carbonyl (C=O) groups is 1. The predicted molar refractivity (Wildman–Crippen MR) is 162 cm³/mol. The fourth-order valence-corrected chi connectivity index (χ4v) is 6.56. The quantitative estimate of drug-likeness (QED) is 0.247. The van der Waals surface area contributed by atoms with Crippen LogP contribution in [0.15, 0.2) is 41.2 Å². The summed E-state index contributed by atoms with van der Waals surface area (Å²) in [6.07, 6.45) is 1.87. The highest BCUT2D eigenvalue weighted by Gasteiger charge is 2.32. The molecule has 1 saturated heterocycles. The Labute approximate surface area is 258 Å². The number of pyridine rings is 1. The molecule has 2 aliphatic rings. The van der Waals surface area contributed by atoms with Crippen LogP contribution in [0.2, 0.25) is 5.02 Å². The van der Waals surface area contributed by atoms with Crippen molar-refractivity contribution in [3.8, 4) is 34.2 Å². The molecule has 1 atom stereocenters. The Balaban J connectivity index is 1.54. The Morgan fingerprint density at radius 2 is 1.82 bits per heavy atom. The van der Waals surface area contributed by atoms with Crippen molar-refractivity contribution in [3.05, 3.63) is 74.0 Å². The highest BCUT2D eigenvalue weighted by Crippen LogP contribution is 2.42. The molecule has 5 rings (SSSR count). The molecule has 1 aromatic heterocycles. The fraction of sp³-hybridized carbons (Fsp3) is 0.424. The second-order valence-electron chi connectivity index (χ2n) is 11.7. The zero-order chi connectivity index (χ0) is 31.6. The maximum absolute atomic E-state index is 13.5. The Bertz CT molecular complexity index is 1650. The third-order valence-electron chi connectivity index (χ3n) is 8.78. The van der Waals surface area contributed by atoms with E-state index >= 15 is 0 Å². The van der Waals surface area contributed by atoms with Crippen LogP contribution in [-0.4, -0.2) is 40.0 Å². The van der Waals surface area contributed by atoms with Crippen LogP contribution in [0.4, 0.5) is 13.2 Å². The molecule has 0 radical (unpaired) electrons. The van der Waals surface area contributed by atoms with E-state index in [1.165, 1.54) is 6.07 Å². The van der Waals surface area contributed by atoms with Crippen molar-refractivity contribution >= 4 is 17.5 Å². The molecule has 3 N–H and O–H groups in total. The van der Waals surface area contributed by atoms with Gasteiger partial charge in [0.15, 0.2) is 0 Å². The molecule has 1 aliphatic heterocycles. The van der Waals surface area contributed by atoms with Gasteiger partial charge in [0.25, 0.3) is 5.56 Å². The third kappa shape index (κ3) is 6.79. The summed E-state index contributed by atoms with van der Waals surface area (Å²) in [6, 6.07) is 9.58. The summed E-state index contributed by atoms with van der Waals surface area (Å²) in [4.78, 5) is 30.9. The van der Waals surface area contributed by atoms with E-state index in [1.807, 2.05) is 13.0 Å². The number of benzene rings is 2. The second kappa shape index (κ2) is 13.0. The van der Waals surface area contributed by atoms with E-state index in [-0.39, 0.29) is 57.6 Å². The maximum Gasteiger partial charge on any atom is 0.416 e.